The summed E-state index contributed by atoms with van der Waals surface area (Å²) in [6.07, 6.45) is -7.01. The van der Waals surface area contributed by atoms with Gasteiger partial charge in [-0.15, -0.1) is 11.6 Å². The fourth-order valence-corrected chi connectivity index (χ4v) is 2.28. The summed E-state index contributed by atoms with van der Waals surface area (Å²) in [6.45, 7) is 0. The molecule has 0 atom stereocenters. The van der Waals surface area contributed by atoms with Gasteiger partial charge in [0.25, 0.3) is 6.43 Å². The molecule has 1 aromatic rings. The predicted molar refractivity (Wildman–Crippen MR) is 56.5 cm³/mol. The third-order valence-corrected chi connectivity index (χ3v) is 3.18. The quantitative estimate of drug-likeness (QED) is 0.427. The Bertz CT molecular complexity index is 393. The standard InChI is InChI=1S/C8H4ClF5IN/c9-1-4-5(8(12,13)14)6(15)3(2-16-4)7(10)11/h2,7H,1H2. The second kappa shape index (κ2) is 4.99. The molecule has 0 N–H and O–H groups in total. The predicted octanol–water partition coefficient (Wildman–Crippen LogP) is 4.38. The zero-order chi connectivity index (χ0) is 12.5. The first-order valence-corrected chi connectivity index (χ1v) is 5.49. The summed E-state index contributed by atoms with van der Waals surface area (Å²) in [5.41, 5.74) is -2.36. The zero-order valence-electron chi connectivity index (χ0n) is 7.45. The van der Waals surface area contributed by atoms with Crippen LogP contribution in [0.25, 0.3) is 0 Å². The van der Waals surface area contributed by atoms with Crippen molar-refractivity contribution < 1.29 is 22.0 Å². The van der Waals surface area contributed by atoms with Gasteiger partial charge in [0.05, 0.1) is 22.7 Å². The monoisotopic (exact) mass is 371 g/mol. The molecule has 0 amide bonds. The number of rotatable bonds is 2. The SMILES string of the molecule is FC(F)c1cnc(CCl)c(C(F)(F)F)c1I. The molecule has 0 radical (unpaired) electrons. The van der Waals surface area contributed by atoms with Gasteiger partial charge in [0, 0.05) is 9.77 Å². The van der Waals surface area contributed by atoms with Crippen LogP contribution in [0.3, 0.4) is 0 Å². The third-order valence-electron chi connectivity index (χ3n) is 1.77. The molecule has 0 saturated heterocycles. The first-order valence-electron chi connectivity index (χ1n) is 3.87. The molecule has 0 aromatic carbocycles. The maximum absolute atomic E-state index is 12.6. The Kier molecular flexibility index (Phi) is 4.33. The van der Waals surface area contributed by atoms with Gasteiger partial charge in [0.15, 0.2) is 0 Å². The molecule has 90 valence electrons. The lowest BCUT2D eigenvalue weighted by atomic mass is 10.1. The number of halogens is 7. The van der Waals surface area contributed by atoms with Gasteiger partial charge in [-0.25, -0.2) is 8.78 Å². The normalized spacial score (nSPS) is 12.2. The topological polar surface area (TPSA) is 12.9 Å². The van der Waals surface area contributed by atoms with E-state index in [-0.39, 0.29) is 0 Å². The van der Waals surface area contributed by atoms with Crippen LogP contribution in [0.4, 0.5) is 22.0 Å². The number of aromatic nitrogens is 1. The highest BCUT2D eigenvalue weighted by Gasteiger charge is 2.38. The summed E-state index contributed by atoms with van der Waals surface area (Å²) in [5, 5.41) is 0. The number of hydrogen-bond donors (Lipinski definition) is 0. The van der Waals surface area contributed by atoms with E-state index in [4.69, 9.17) is 11.6 Å². The number of pyridine rings is 1. The van der Waals surface area contributed by atoms with Gasteiger partial charge in [-0.2, -0.15) is 13.2 Å². The van der Waals surface area contributed by atoms with Crippen LogP contribution in [-0.4, -0.2) is 4.98 Å². The molecule has 0 spiro atoms. The fourth-order valence-electron chi connectivity index (χ4n) is 1.08. The molecule has 1 heterocycles. The lowest BCUT2D eigenvalue weighted by molar-refractivity contribution is -0.139. The van der Waals surface area contributed by atoms with E-state index in [0.717, 1.165) is 6.20 Å². The van der Waals surface area contributed by atoms with Crippen LogP contribution in [-0.2, 0) is 12.1 Å². The summed E-state index contributed by atoms with van der Waals surface area (Å²) in [7, 11) is 0. The van der Waals surface area contributed by atoms with Crippen LogP contribution < -0.4 is 0 Å². The minimum absolute atomic E-state index is 0.442. The average Bonchev–Trinajstić information content (AvgIpc) is 2.14. The lowest BCUT2D eigenvalue weighted by Crippen LogP contribution is -2.14. The Balaban J connectivity index is 3.47. The molecule has 0 saturated carbocycles. The molecule has 1 rings (SSSR count). The van der Waals surface area contributed by atoms with Gasteiger partial charge in [0.2, 0.25) is 0 Å². The van der Waals surface area contributed by atoms with E-state index in [1.807, 2.05) is 0 Å². The smallest absolute Gasteiger partial charge is 0.259 e. The molecule has 0 unspecified atom stereocenters. The molecule has 0 aliphatic carbocycles. The Morgan fingerprint density at radius 2 is 1.94 bits per heavy atom. The first kappa shape index (κ1) is 13.9. The van der Waals surface area contributed by atoms with E-state index >= 15 is 0 Å². The number of nitrogens with zero attached hydrogens (tertiary/aromatic N) is 1. The Labute approximate surface area is 106 Å². The maximum atomic E-state index is 12.6. The summed E-state index contributed by atoms with van der Waals surface area (Å²) in [6, 6.07) is 0. The van der Waals surface area contributed by atoms with Crippen molar-refractivity contribution in [2.75, 3.05) is 0 Å². The second-order valence-electron chi connectivity index (χ2n) is 2.78. The molecular weight excluding hydrogens is 367 g/mol. The van der Waals surface area contributed by atoms with Crippen LogP contribution in [0, 0.1) is 3.57 Å². The minimum Gasteiger partial charge on any atom is -0.259 e. The van der Waals surface area contributed by atoms with Crippen molar-refractivity contribution in [1.82, 2.24) is 4.98 Å². The number of hydrogen-bond acceptors (Lipinski definition) is 1. The van der Waals surface area contributed by atoms with E-state index in [9.17, 15) is 22.0 Å². The fraction of sp³-hybridized carbons (Fsp3) is 0.375. The molecule has 16 heavy (non-hydrogen) atoms. The van der Waals surface area contributed by atoms with Gasteiger partial charge >= 0.3 is 6.18 Å². The molecule has 0 aliphatic heterocycles. The van der Waals surface area contributed by atoms with Crippen molar-refractivity contribution in [2.45, 2.75) is 18.5 Å². The van der Waals surface area contributed by atoms with E-state index in [2.05, 4.69) is 4.98 Å². The molecule has 0 fully saturated rings. The minimum atomic E-state index is -4.74. The van der Waals surface area contributed by atoms with Gasteiger partial charge in [-0.1, -0.05) is 0 Å². The molecular formula is C8H4ClF5IN. The van der Waals surface area contributed by atoms with Crippen molar-refractivity contribution >= 4 is 34.2 Å². The highest BCUT2D eigenvalue weighted by atomic mass is 127. The van der Waals surface area contributed by atoms with Crippen molar-refractivity contribution in [3.8, 4) is 0 Å². The second-order valence-corrected chi connectivity index (χ2v) is 4.13. The van der Waals surface area contributed by atoms with E-state index in [0.29, 0.717) is 0 Å². The van der Waals surface area contributed by atoms with Crippen molar-refractivity contribution in [1.29, 1.82) is 0 Å². The Morgan fingerprint density at radius 3 is 2.31 bits per heavy atom. The maximum Gasteiger partial charge on any atom is 0.419 e. The summed E-state index contributed by atoms with van der Waals surface area (Å²) >= 11 is 6.52. The van der Waals surface area contributed by atoms with Gasteiger partial charge in [0.1, 0.15) is 0 Å². The van der Waals surface area contributed by atoms with Crippen LogP contribution in [0.15, 0.2) is 6.20 Å². The molecule has 0 aliphatic rings. The van der Waals surface area contributed by atoms with E-state index in [1.165, 1.54) is 22.6 Å². The molecule has 1 aromatic heterocycles. The Hall–Kier alpha value is -0.180. The first-order chi connectivity index (χ1) is 7.29. The molecule has 0 bridgehead atoms. The summed E-state index contributed by atoms with van der Waals surface area (Å²) < 4.78 is 62.0. The highest BCUT2D eigenvalue weighted by Crippen LogP contribution is 2.38. The Morgan fingerprint density at radius 1 is 1.38 bits per heavy atom. The van der Waals surface area contributed by atoms with Gasteiger partial charge in [-0.05, 0) is 22.6 Å². The van der Waals surface area contributed by atoms with E-state index in [1.54, 1.807) is 0 Å². The summed E-state index contributed by atoms with van der Waals surface area (Å²) in [5.74, 6) is -0.478. The molecule has 8 heteroatoms. The third kappa shape index (κ3) is 2.73. The van der Waals surface area contributed by atoms with Crippen LogP contribution in [0.5, 0.6) is 0 Å². The van der Waals surface area contributed by atoms with E-state index < -0.39 is 38.9 Å². The highest BCUT2D eigenvalue weighted by molar-refractivity contribution is 14.1. The summed E-state index contributed by atoms with van der Waals surface area (Å²) in [4.78, 5) is 3.31. The van der Waals surface area contributed by atoms with Crippen molar-refractivity contribution in [3.63, 3.8) is 0 Å². The molecule has 1 nitrogen and oxygen atoms in total. The number of alkyl halides is 6. The average molecular weight is 371 g/mol. The van der Waals surface area contributed by atoms with Gasteiger partial charge in [-0.3, -0.25) is 4.98 Å². The van der Waals surface area contributed by atoms with Crippen LogP contribution >= 0.6 is 34.2 Å². The van der Waals surface area contributed by atoms with Crippen LogP contribution in [0.1, 0.15) is 23.2 Å². The van der Waals surface area contributed by atoms with Crippen molar-refractivity contribution in [2.24, 2.45) is 0 Å². The van der Waals surface area contributed by atoms with Crippen LogP contribution in [0.2, 0.25) is 0 Å². The van der Waals surface area contributed by atoms with Crippen molar-refractivity contribution in [3.05, 3.63) is 26.6 Å². The largest absolute Gasteiger partial charge is 0.419 e. The lowest BCUT2D eigenvalue weighted by Gasteiger charge is -2.15. The van der Waals surface area contributed by atoms with Gasteiger partial charge < -0.3 is 0 Å². The zero-order valence-corrected chi connectivity index (χ0v) is 10.4.